The zero-order valence-corrected chi connectivity index (χ0v) is 16.9. The molecule has 1 aliphatic heterocycles. The van der Waals surface area contributed by atoms with Gasteiger partial charge in [0.2, 0.25) is 0 Å². The van der Waals surface area contributed by atoms with Gasteiger partial charge in [-0.1, -0.05) is 18.2 Å². The van der Waals surface area contributed by atoms with Crippen LogP contribution in [-0.4, -0.2) is 27.9 Å². The minimum absolute atomic E-state index is 0.0539. The minimum atomic E-state index is -2.92. The van der Waals surface area contributed by atoms with Crippen LogP contribution in [0.4, 0.5) is 24.7 Å². The molecule has 10 heteroatoms. The molecule has 1 N–H and O–H groups in total. The Morgan fingerprint density at radius 2 is 2.10 bits per heavy atom. The summed E-state index contributed by atoms with van der Waals surface area (Å²) in [5.74, 6) is -0.703. The molecule has 1 fully saturated rings. The second kappa shape index (κ2) is 7.58. The summed E-state index contributed by atoms with van der Waals surface area (Å²) in [6.07, 6.45) is -1.35. The molecule has 0 radical (unpaired) electrons. The van der Waals surface area contributed by atoms with E-state index in [9.17, 15) is 23.2 Å². The Bertz CT molecular complexity index is 1260. The zero-order valence-electron chi connectivity index (χ0n) is 16.9. The molecule has 0 aliphatic carbocycles. The highest BCUT2D eigenvalue weighted by atomic mass is 19.3. The fourth-order valence-electron chi connectivity index (χ4n) is 3.64. The smallest absolute Gasteiger partial charge is 0.293 e. The number of aryl methyl sites for hydroxylation is 1. The van der Waals surface area contributed by atoms with E-state index in [4.69, 9.17) is 0 Å². The lowest BCUT2D eigenvalue weighted by molar-refractivity contribution is 0.146. The molecule has 7 nitrogen and oxygen atoms in total. The molecule has 1 aliphatic rings. The lowest BCUT2D eigenvalue weighted by Crippen LogP contribution is -2.54. The number of pyridine rings is 1. The second-order valence-electron chi connectivity index (χ2n) is 7.87. The maximum absolute atomic E-state index is 14.4. The van der Waals surface area contributed by atoms with Crippen LogP contribution in [0.15, 0.2) is 35.3 Å². The van der Waals surface area contributed by atoms with Crippen molar-refractivity contribution >= 4 is 22.4 Å². The van der Waals surface area contributed by atoms with E-state index in [0.717, 1.165) is 16.4 Å². The van der Waals surface area contributed by atoms with Crippen LogP contribution in [0.2, 0.25) is 0 Å². The molecule has 31 heavy (non-hydrogen) atoms. The van der Waals surface area contributed by atoms with E-state index in [2.05, 4.69) is 21.5 Å². The lowest BCUT2D eigenvalue weighted by atomic mass is 9.83. The van der Waals surface area contributed by atoms with Crippen molar-refractivity contribution in [3.05, 3.63) is 57.8 Å². The molecule has 0 atom stereocenters. The van der Waals surface area contributed by atoms with Gasteiger partial charge in [-0.05, 0) is 13.0 Å². The van der Waals surface area contributed by atoms with Crippen molar-refractivity contribution in [1.82, 2.24) is 14.8 Å². The summed E-state index contributed by atoms with van der Waals surface area (Å²) in [5, 5.41) is 16.8. The molecule has 0 amide bonds. The molecule has 1 saturated heterocycles. The molecule has 0 bridgehead atoms. The average Bonchev–Trinajstić information content (AvgIpc) is 2.73. The predicted molar refractivity (Wildman–Crippen MR) is 109 cm³/mol. The van der Waals surface area contributed by atoms with Crippen LogP contribution in [0.3, 0.4) is 0 Å². The van der Waals surface area contributed by atoms with Crippen molar-refractivity contribution in [1.29, 1.82) is 5.26 Å². The number of nitrogens with one attached hydrogen (secondary N) is 1. The summed E-state index contributed by atoms with van der Waals surface area (Å²) in [7, 11) is 1.47. The van der Waals surface area contributed by atoms with Gasteiger partial charge < -0.3 is 10.2 Å². The van der Waals surface area contributed by atoms with Gasteiger partial charge in [0.25, 0.3) is 12.0 Å². The Kier molecular flexibility index (Phi) is 5.05. The van der Waals surface area contributed by atoms with Gasteiger partial charge in [-0.25, -0.2) is 22.8 Å². The van der Waals surface area contributed by atoms with Gasteiger partial charge in [0.05, 0.1) is 34.3 Å². The fraction of sp³-hybridized carbons (Fsp3) is 0.333. The maximum atomic E-state index is 14.4. The zero-order chi connectivity index (χ0) is 22.3. The van der Waals surface area contributed by atoms with E-state index in [1.54, 1.807) is 12.3 Å². The molecule has 2 aromatic heterocycles. The van der Waals surface area contributed by atoms with Crippen molar-refractivity contribution in [2.75, 3.05) is 23.3 Å². The van der Waals surface area contributed by atoms with E-state index in [0.29, 0.717) is 18.5 Å². The van der Waals surface area contributed by atoms with Crippen molar-refractivity contribution in [3.8, 4) is 6.07 Å². The SMILES string of the molecule is Cn1nc(NCc2cccc(C(F)F)c2F)c2cc(N3CC(C)(C#N)C3)cnc2c1=O. The van der Waals surface area contributed by atoms with E-state index < -0.39 is 28.8 Å². The monoisotopic (exact) mass is 428 g/mol. The summed E-state index contributed by atoms with van der Waals surface area (Å²) in [6.45, 7) is 2.82. The Morgan fingerprint density at radius 3 is 2.77 bits per heavy atom. The molecule has 1 aromatic carbocycles. The highest BCUT2D eigenvalue weighted by molar-refractivity contribution is 5.90. The first-order valence-electron chi connectivity index (χ1n) is 9.55. The highest BCUT2D eigenvalue weighted by Crippen LogP contribution is 2.34. The minimum Gasteiger partial charge on any atom is -0.367 e. The number of rotatable bonds is 5. The number of hydrogen-bond acceptors (Lipinski definition) is 6. The van der Waals surface area contributed by atoms with Gasteiger partial charge in [0, 0.05) is 32.2 Å². The summed E-state index contributed by atoms with van der Waals surface area (Å²) >= 11 is 0. The van der Waals surface area contributed by atoms with Crippen LogP contribution in [-0.2, 0) is 13.6 Å². The van der Waals surface area contributed by atoms with Gasteiger partial charge in [-0.15, -0.1) is 0 Å². The predicted octanol–water partition coefficient (Wildman–Crippen LogP) is 3.37. The average molecular weight is 428 g/mol. The molecule has 0 saturated carbocycles. The van der Waals surface area contributed by atoms with Crippen molar-refractivity contribution in [2.24, 2.45) is 12.5 Å². The number of hydrogen-bond donors (Lipinski definition) is 1. The number of halogens is 3. The topological polar surface area (TPSA) is 86.8 Å². The molecule has 3 aromatic rings. The number of aromatic nitrogens is 3. The summed E-state index contributed by atoms with van der Waals surface area (Å²) < 4.78 is 41.4. The van der Waals surface area contributed by atoms with Gasteiger partial charge in [-0.2, -0.15) is 10.4 Å². The summed E-state index contributed by atoms with van der Waals surface area (Å²) in [5.41, 5.74) is -0.547. The Labute approximate surface area is 175 Å². The van der Waals surface area contributed by atoms with Gasteiger partial charge in [0.15, 0.2) is 5.82 Å². The lowest BCUT2D eigenvalue weighted by Gasteiger charge is -2.44. The van der Waals surface area contributed by atoms with Gasteiger partial charge >= 0.3 is 0 Å². The normalized spacial score (nSPS) is 15.1. The van der Waals surface area contributed by atoms with Crippen molar-refractivity contribution in [2.45, 2.75) is 19.9 Å². The number of nitriles is 1. The van der Waals surface area contributed by atoms with E-state index in [1.165, 1.54) is 19.2 Å². The standard InChI is InChI=1S/C21H19F3N6O/c1-21(9-25)10-30(11-21)13-6-15-17(26-8-13)20(31)29(2)28-19(15)27-7-12-4-3-5-14(16(12)22)18(23)24/h3-6,8,18H,7,10-11H2,1-2H3,(H,27,28). The first-order chi connectivity index (χ1) is 14.7. The molecule has 0 spiro atoms. The van der Waals surface area contributed by atoms with Crippen LogP contribution >= 0.6 is 0 Å². The summed E-state index contributed by atoms with van der Waals surface area (Å²) in [6, 6.07) is 7.82. The third-order valence-electron chi connectivity index (χ3n) is 5.38. The highest BCUT2D eigenvalue weighted by Gasteiger charge is 2.39. The molecule has 3 heterocycles. The van der Waals surface area contributed by atoms with Crippen LogP contribution in [0, 0.1) is 22.6 Å². The first kappa shape index (κ1) is 20.7. The van der Waals surface area contributed by atoms with E-state index in [1.807, 2.05) is 11.8 Å². The fourth-order valence-corrected chi connectivity index (χ4v) is 3.64. The van der Waals surface area contributed by atoms with Crippen LogP contribution in [0.25, 0.3) is 10.9 Å². The van der Waals surface area contributed by atoms with Crippen LogP contribution in [0.1, 0.15) is 24.5 Å². The summed E-state index contributed by atoms with van der Waals surface area (Å²) in [4.78, 5) is 18.7. The number of anilines is 2. The molecule has 4 rings (SSSR count). The van der Waals surface area contributed by atoms with Crippen molar-refractivity contribution < 1.29 is 13.2 Å². The number of fused-ring (bicyclic) bond motifs is 1. The second-order valence-corrected chi connectivity index (χ2v) is 7.87. The molecule has 0 unspecified atom stereocenters. The van der Waals surface area contributed by atoms with Gasteiger partial charge in [-0.3, -0.25) is 4.79 Å². The Morgan fingerprint density at radius 1 is 1.35 bits per heavy atom. The maximum Gasteiger partial charge on any atom is 0.293 e. The first-order valence-corrected chi connectivity index (χ1v) is 9.55. The number of benzene rings is 1. The number of alkyl halides is 2. The van der Waals surface area contributed by atoms with E-state index in [-0.39, 0.29) is 23.4 Å². The van der Waals surface area contributed by atoms with E-state index >= 15 is 0 Å². The van der Waals surface area contributed by atoms with Crippen molar-refractivity contribution in [3.63, 3.8) is 0 Å². The molecular formula is C21H19F3N6O. The Balaban J connectivity index is 1.68. The van der Waals surface area contributed by atoms with Gasteiger partial charge in [0.1, 0.15) is 11.3 Å². The molecular weight excluding hydrogens is 409 g/mol. The number of nitrogens with zero attached hydrogens (tertiary/aromatic N) is 5. The molecule has 160 valence electrons. The third kappa shape index (κ3) is 3.67. The Hall–Kier alpha value is -3.61. The van der Waals surface area contributed by atoms with Crippen LogP contribution < -0.4 is 15.8 Å². The quantitative estimate of drug-likeness (QED) is 0.671. The largest absolute Gasteiger partial charge is 0.367 e. The van der Waals surface area contributed by atoms with Crippen LogP contribution in [0.5, 0.6) is 0 Å². The third-order valence-corrected chi connectivity index (χ3v) is 5.38.